The Bertz CT molecular complexity index is 236. The highest BCUT2D eigenvalue weighted by molar-refractivity contribution is 8.00. The number of thioether (sulfide) groups is 1. The Labute approximate surface area is 79.0 Å². The molecule has 0 N–H and O–H groups in total. The van der Waals surface area contributed by atoms with Crippen LogP contribution < -0.4 is 0 Å². The minimum absolute atomic E-state index is 0.272. The van der Waals surface area contributed by atoms with Crippen LogP contribution in [0.4, 0.5) is 0 Å². The number of unbranched alkanes of at least 4 members (excludes halogenated alkanes) is 1. The molecule has 0 heterocycles. The normalized spacial score (nSPS) is 11.0. The van der Waals surface area contributed by atoms with Crippen molar-refractivity contribution in [1.82, 2.24) is 0 Å². The van der Waals surface area contributed by atoms with E-state index >= 15 is 0 Å². The summed E-state index contributed by atoms with van der Waals surface area (Å²) in [6, 6.07) is 0. The van der Waals surface area contributed by atoms with Gasteiger partial charge in [-0.15, -0.1) is 12.3 Å². The van der Waals surface area contributed by atoms with Crippen molar-refractivity contribution in [3.8, 4) is 12.3 Å². The Hall–Kier alpha value is -0.140. The monoisotopic (exact) mass is 206 g/mol. The van der Waals surface area contributed by atoms with Crippen molar-refractivity contribution in [2.75, 3.05) is 23.5 Å². The van der Waals surface area contributed by atoms with Crippen molar-refractivity contribution in [2.24, 2.45) is 0 Å². The second-order valence-corrected chi connectivity index (χ2v) is 6.03. The van der Waals surface area contributed by atoms with Crippen LogP contribution in [0.2, 0.25) is 0 Å². The first kappa shape index (κ1) is 11.9. The molecule has 0 aliphatic rings. The molecule has 4 heteroatoms. The number of sulfone groups is 1. The average molecular weight is 206 g/mol. The van der Waals surface area contributed by atoms with Crippen molar-refractivity contribution in [2.45, 2.75) is 12.8 Å². The molecule has 0 aromatic rings. The first-order valence-corrected chi connectivity index (χ1v) is 6.97. The summed E-state index contributed by atoms with van der Waals surface area (Å²) >= 11 is 1.65. The molecule has 0 aliphatic carbocycles. The minimum atomic E-state index is -2.78. The summed E-state index contributed by atoms with van der Waals surface area (Å²) in [5, 5.41) is 0. The summed E-state index contributed by atoms with van der Waals surface area (Å²) in [7, 11) is -2.78. The van der Waals surface area contributed by atoms with Crippen LogP contribution in [0, 0.1) is 12.3 Å². The topological polar surface area (TPSA) is 34.1 Å². The predicted octanol–water partition coefficient (Wildman–Crippen LogP) is 1.18. The molecule has 2 nitrogen and oxygen atoms in total. The van der Waals surface area contributed by atoms with E-state index in [0.717, 1.165) is 18.6 Å². The molecule has 0 aromatic carbocycles. The van der Waals surface area contributed by atoms with Crippen LogP contribution >= 0.6 is 11.8 Å². The molecular weight excluding hydrogens is 192 g/mol. The van der Waals surface area contributed by atoms with Gasteiger partial charge in [0.25, 0.3) is 0 Å². The van der Waals surface area contributed by atoms with Crippen molar-refractivity contribution in [3.05, 3.63) is 0 Å². The van der Waals surface area contributed by atoms with Crippen LogP contribution in [0.3, 0.4) is 0 Å². The van der Waals surface area contributed by atoms with Crippen molar-refractivity contribution in [1.29, 1.82) is 0 Å². The highest BCUT2D eigenvalue weighted by Crippen LogP contribution is 2.04. The molecule has 0 radical (unpaired) electrons. The van der Waals surface area contributed by atoms with Crippen molar-refractivity contribution < 1.29 is 8.42 Å². The SMILES string of the molecule is C#CCCCSCCS(C)(=O)=O. The molecule has 0 unspecified atom stereocenters. The van der Waals surface area contributed by atoms with Crippen LogP contribution in [0.1, 0.15) is 12.8 Å². The fraction of sp³-hybridized carbons (Fsp3) is 0.750. The highest BCUT2D eigenvalue weighted by atomic mass is 32.2. The Morgan fingerprint density at radius 1 is 1.42 bits per heavy atom. The maximum atomic E-state index is 10.7. The van der Waals surface area contributed by atoms with Crippen molar-refractivity contribution in [3.63, 3.8) is 0 Å². The third-order valence-corrected chi connectivity index (χ3v) is 3.48. The van der Waals surface area contributed by atoms with Gasteiger partial charge in [-0.05, 0) is 12.2 Å². The minimum Gasteiger partial charge on any atom is -0.229 e. The third-order valence-electron chi connectivity index (χ3n) is 1.21. The number of rotatable bonds is 6. The van der Waals surface area contributed by atoms with Gasteiger partial charge in [0.1, 0.15) is 9.84 Å². The third kappa shape index (κ3) is 9.86. The van der Waals surface area contributed by atoms with Gasteiger partial charge in [-0.1, -0.05) is 0 Å². The molecule has 0 bridgehead atoms. The van der Waals surface area contributed by atoms with Crippen LogP contribution in [0.5, 0.6) is 0 Å². The van der Waals surface area contributed by atoms with Gasteiger partial charge in [-0.2, -0.15) is 11.8 Å². The van der Waals surface area contributed by atoms with Gasteiger partial charge in [-0.25, -0.2) is 8.42 Å². The van der Waals surface area contributed by atoms with E-state index in [2.05, 4.69) is 5.92 Å². The second kappa shape index (κ2) is 6.38. The summed E-state index contributed by atoms with van der Waals surface area (Å²) < 4.78 is 21.3. The van der Waals surface area contributed by atoms with Gasteiger partial charge in [0, 0.05) is 18.4 Å². The lowest BCUT2D eigenvalue weighted by Gasteiger charge is -1.97. The predicted molar refractivity (Wildman–Crippen MR) is 55.1 cm³/mol. The molecule has 0 amide bonds. The summed E-state index contributed by atoms with van der Waals surface area (Å²) in [4.78, 5) is 0. The molecule has 0 saturated heterocycles. The van der Waals surface area contributed by atoms with Gasteiger partial charge in [0.2, 0.25) is 0 Å². The van der Waals surface area contributed by atoms with E-state index in [0.29, 0.717) is 5.75 Å². The van der Waals surface area contributed by atoms with Gasteiger partial charge in [0.05, 0.1) is 5.75 Å². The fourth-order valence-corrected chi connectivity index (χ4v) is 2.82. The smallest absolute Gasteiger partial charge is 0.148 e. The molecule has 0 atom stereocenters. The summed E-state index contributed by atoms with van der Waals surface area (Å²) in [6.45, 7) is 0. The van der Waals surface area contributed by atoms with E-state index in [1.165, 1.54) is 6.26 Å². The summed E-state index contributed by atoms with van der Waals surface area (Å²) in [5.41, 5.74) is 0. The Balaban J connectivity index is 3.18. The van der Waals surface area contributed by atoms with E-state index in [9.17, 15) is 8.42 Å². The standard InChI is InChI=1S/C8H14O2S2/c1-3-4-5-6-11-7-8-12(2,9)10/h1H,4-8H2,2H3. The van der Waals surface area contributed by atoms with Crippen LogP contribution in [-0.4, -0.2) is 31.9 Å². The molecule has 0 fully saturated rings. The van der Waals surface area contributed by atoms with Gasteiger partial charge < -0.3 is 0 Å². The molecule has 0 rings (SSSR count). The van der Waals surface area contributed by atoms with E-state index in [1.807, 2.05) is 0 Å². The lowest BCUT2D eigenvalue weighted by Crippen LogP contribution is -2.05. The average Bonchev–Trinajstić information content (AvgIpc) is 1.94. The first-order chi connectivity index (χ1) is 5.56. The number of hydrogen-bond acceptors (Lipinski definition) is 3. The highest BCUT2D eigenvalue weighted by Gasteiger charge is 2.00. The second-order valence-electron chi connectivity index (χ2n) is 2.55. The molecule has 0 aromatic heterocycles. The van der Waals surface area contributed by atoms with Gasteiger partial charge in [-0.3, -0.25) is 0 Å². The lowest BCUT2D eigenvalue weighted by atomic mass is 10.4. The van der Waals surface area contributed by atoms with Crippen LogP contribution in [0.25, 0.3) is 0 Å². The van der Waals surface area contributed by atoms with Crippen molar-refractivity contribution >= 4 is 21.6 Å². The maximum Gasteiger partial charge on any atom is 0.148 e. The van der Waals surface area contributed by atoms with Crippen LogP contribution in [0.15, 0.2) is 0 Å². The number of hydrogen-bond donors (Lipinski definition) is 0. The van der Waals surface area contributed by atoms with Gasteiger partial charge >= 0.3 is 0 Å². The number of terminal acetylenes is 1. The largest absolute Gasteiger partial charge is 0.229 e. The fourth-order valence-electron chi connectivity index (χ4n) is 0.589. The van der Waals surface area contributed by atoms with Crippen LogP contribution in [-0.2, 0) is 9.84 Å². The quantitative estimate of drug-likeness (QED) is 0.483. The zero-order chi connectivity index (χ0) is 9.45. The van der Waals surface area contributed by atoms with E-state index in [4.69, 9.17) is 6.42 Å². The summed E-state index contributed by atoms with van der Waals surface area (Å²) in [6.07, 6.45) is 8.08. The molecule has 70 valence electrons. The lowest BCUT2D eigenvalue weighted by molar-refractivity contribution is 0.603. The van der Waals surface area contributed by atoms with E-state index < -0.39 is 9.84 Å². The Kier molecular flexibility index (Phi) is 6.31. The zero-order valence-corrected chi connectivity index (χ0v) is 8.88. The van der Waals surface area contributed by atoms with E-state index in [1.54, 1.807) is 11.8 Å². The molecular formula is C8H14O2S2. The molecule has 12 heavy (non-hydrogen) atoms. The maximum absolute atomic E-state index is 10.7. The Morgan fingerprint density at radius 3 is 2.58 bits per heavy atom. The molecule has 0 saturated carbocycles. The zero-order valence-electron chi connectivity index (χ0n) is 7.25. The summed E-state index contributed by atoms with van der Waals surface area (Å²) in [5.74, 6) is 4.46. The molecule has 0 spiro atoms. The Morgan fingerprint density at radius 2 is 2.08 bits per heavy atom. The molecule has 0 aliphatic heterocycles. The van der Waals surface area contributed by atoms with E-state index in [-0.39, 0.29) is 5.75 Å². The van der Waals surface area contributed by atoms with Gasteiger partial charge in [0.15, 0.2) is 0 Å². The first-order valence-electron chi connectivity index (χ1n) is 3.75.